The van der Waals surface area contributed by atoms with E-state index in [1.165, 1.54) is 0 Å². The minimum atomic E-state index is -1.21. The second-order valence-electron chi connectivity index (χ2n) is 9.70. The highest BCUT2D eigenvalue weighted by atomic mass is 35.5. The largest absolute Gasteiger partial charge is 0.480 e. The van der Waals surface area contributed by atoms with Gasteiger partial charge in [-0.1, -0.05) is 72.3 Å². The molecule has 4 rings (SSSR count). The predicted octanol–water partition coefficient (Wildman–Crippen LogP) is 3.41. The van der Waals surface area contributed by atoms with E-state index < -0.39 is 30.1 Å². The van der Waals surface area contributed by atoms with E-state index in [2.05, 4.69) is 15.6 Å². The zero-order valence-corrected chi connectivity index (χ0v) is 23.0. The monoisotopic (exact) mass is 577 g/mol. The van der Waals surface area contributed by atoms with Crippen molar-refractivity contribution < 1.29 is 24.2 Å². The third kappa shape index (κ3) is 7.76. The number of rotatable bonds is 12. The van der Waals surface area contributed by atoms with Gasteiger partial charge in [0.15, 0.2) is 5.96 Å². The second kappa shape index (κ2) is 13.7. The number of carbonyl (C=O) groups excluding carboxylic acids is 2. The maximum Gasteiger partial charge on any atom is 0.407 e. The highest BCUT2D eigenvalue weighted by Gasteiger charge is 2.31. The van der Waals surface area contributed by atoms with Gasteiger partial charge in [-0.2, -0.15) is 0 Å². The Morgan fingerprint density at radius 1 is 0.902 bits per heavy atom. The number of amides is 2. The van der Waals surface area contributed by atoms with E-state index in [1.54, 1.807) is 24.3 Å². The Labute approximate surface area is 242 Å². The summed E-state index contributed by atoms with van der Waals surface area (Å²) in [4.78, 5) is 41.9. The summed E-state index contributed by atoms with van der Waals surface area (Å²) in [5, 5.41) is 15.3. The Morgan fingerprint density at radius 2 is 1.51 bits per heavy atom. The van der Waals surface area contributed by atoms with Crippen LogP contribution in [-0.2, 0) is 20.7 Å². The van der Waals surface area contributed by atoms with Gasteiger partial charge in [-0.3, -0.25) is 9.79 Å². The second-order valence-corrected chi connectivity index (χ2v) is 10.1. The standard InChI is InChI=1S/C30H32ClN5O5/c31-19-13-11-18(12-14-19)16-26(27(37)35-25(28(38)39)10-5-15-34-29(32)33)36-30(40)41-17-24-22-8-3-1-6-20(22)21-7-2-4-9-23(21)24/h1-4,6-9,11-14,24-26H,5,10,15-17H2,(H,35,37)(H,36,40)(H,38,39)(H4,32,33,34)/t25-,26+/m0/s1. The molecule has 10 nitrogen and oxygen atoms in total. The molecule has 0 radical (unpaired) electrons. The third-order valence-electron chi connectivity index (χ3n) is 6.87. The van der Waals surface area contributed by atoms with Gasteiger partial charge < -0.3 is 31.9 Å². The van der Waals surface area contributed by atoms with E-state index in [0.717, 1.165) is 22.3 Å². The molecular formula is C30H32ClN5O5. The lowest BCUT2D eigenvalue weighted by Gasteiger charge is -2.22. The summed E-state index contributed by atoms with van der Waals surface area (Å²) in [7, 11) is 0. The van der Waals surface area contributed by atoms with E-state index in [0.29, 0.717) is 17.0 Å². The van der Waals surface area contributed by atoms with Crippen molar-refractivity contribution in [2.24, 2.45) is 16.5 Å². The van der Waals surface area contributed by atoms with Crippen LogP contribution in [0.3, 0.4) is 0 Å². The molecule has 0 spiro atoms. The maximum absolute atomic E-state index is 13.3. The molecule has 0 aromatic heterocycles. The lowest BCUT2D eigenvalue weighted by Crippen LogP contribution is -2.52. The molecule has 2 atom stereocenters. The Hall–Kier alpha value is -4.57. The molecule has 11 heteroatoms. The van der Waals surface area contributed by atoms with Gasteiger partial charge in [0.2, 0.25) is 5.91 Å². The first kappa shape index (κ1) is 29.4. The first-order valence-electron chi connectivity index (χ1n) is 13.2. The van der Waals surface area contributed by atoms with Crippen molar-refractivity contribution in [2.45, 2.75) is 37.3 Å². The summed E-state index contributed by atoms with van der Waals surface area (Å²) in [5.41, 5.74) is 15.6. The van der Waals surface area contributed by atoms with E-state index in [-0.39, 0.29) is 37.9 Å². The van der Waals surface area contributed by atoms with Gasteiger partial charge in [0.05, 0.1) is 0 Å². The summed E-state index contributed by atoms with van der Waals surface area (Å²) < 4.78 is 5.63. The van der Waals surface area contributed by atoms with E-state index >= 15 is 0 Å². The summed E-state index contributed by atoms with van der Waals surface area (Å²) in [6.45, 7) is 0.284. The smallest absolute Gasteiger partial charge is 0.407 e. The number of nitrogens with one attached hydrogen (secondary N) is 2. The van der Waals surface area contributed by atoms with Crippen molar-refractivity contribution in [1.82, 2.24) is 10.6 Å². The molecule has 0 saturated carbocycles. The molecule has 3 aromatic rings. The Kier molecular flexibility index (Phi) is 9.81. The summed E-state index contributed by atoms with van der Waals surface area (Å²) in [6, 6.07) is 20.4. The van der Waals surface area contributed by atoms with Crippen LogP contribution in [0.4, 0.5) is 4.79 Å². The van der Waals surface area contributed by atoms with Crippen LogP contribution in [0.2, 0.25) is 5.02 Å². The number of halogens is 1. The topological polar surface area (TPSA) is 169 Å². The van der Waals surface area contributed by atoms with Crippen LogP contribution in [0.25, 0.3) is 11.1 Å². The fourth-order valence-corrected chi connectivity index (χ4v) is 5.01. The van der Waals surface area contributed by atoms with Gasteiger partial charge in [0.1, 0.15) is 18.7 Å². The van der Waals surface area contributed by atoms with Crippen molar-refractivity contribution in [2.75, 3.05) is 13.2 Å². The number of aliphatic carboxylic acids is 1. The van der Waals surface area contributed by atoms with Crippen LogP contribution < -0.4 is 22.1 Å². The van der Waals surface area contributed by atoms with E-state index in [4.69, 9.17) is 27.8 Å². The van der Waals surface area contributed by atoms with Gasteiger partial charge in [-0.05, 0) is 52.8 Å². The van der Waals surface area contributed by atoms with E-state index in [9.17, 15) is 19.5 Å². The van der Waals surface area contributed by atoms with Crippen molar-refractivity contribution >= 4 is 35.5 Å². The number of guanidine groups is 1. The van der Waals surface area contributed by atoms with Crippen LogP contribution in [0.1, 0.15) is 35.4 Å². The number of ether oxygens (including phenoxy) is 1. The lowest BCUT2D eigenvalue weighted by atomic mass is 9.98. The van der Waals surface area contributed by atoms with Crippen LogP contribution in [0.15, 0.2) is 77.8 Å². The summed E-state index contributed by atoms with van der Waals surface area (Å²) >= 11 is 5.99. The van der Waals surface area contributed by atoms with Crippen LogP contribution in [-0.4, -0.2) is 54.3 Å². The van der Waals surface area contributed by atoms with Gasteiger partial charge >= 0.3 is 12.1 Å². The van der Waals surface area contributed by atoms with Gasteiger partial charge in [0.25, 0.3) is 0 Å². The zero-order chi connectivity index (χ0) is 29.4. The zero-order valence-electron chi connectivity index (χ0n) is 22.3. The average Bonchev–Trinajstić information content (AvgIpc) is 3.27. The molecule has 0 heterocycles. The Morgan fingerprint density at radius 3 is 2.10 bits per heavy atom. The van der Waals surface area contributed by atoms with Crippen molar-refractivity contribution in [3.63, 3.8) is 0 Å². The summed E-state index contributed by atoms with van der Waals surface area (Å²) in [6.07, 6.45) is -0.276. The molecule has 1 aliphatic rings. The minimum absolute atomic E-state index is 0.0671. The fourth-order valence-electron chi connectivity index (χ4n) is 4.88. The molecule has 7 N–H and O–H groups in total. The third-order valence-corrected chi connectivity index (χ3v) is 7.12. The van der Waals surface area contributed by atoms with Gasteiger partial charge in [0, 0.05) is 23.9 Å². The molecule has 0 bridgehead atoms. The molecular weight excluding hydrogens is 546 g/mol. The fraction of sp³-hybridized carbons (Fsp3) is 0.267. The van der Waals surface area contributed by atoms with Crippen molar-refractivity contribution in [3.8, 4) is 11.1 Å². The molecule has 3 aromatic carbocycles. The number of carboxylic acids is 1. The normalized spacial score (nSPS) is 13.3. The SMILES string of the molecule is NC(N)=NCCC[C@H](NC(=O)[C@@H](Cc1ccc(Cl)cc1)NC(=O)OCC1c2ccccc2-c2ccccc21)C(=O)O. The van der Waals surface area contributed by atoms with E-state index in [1.807, 2.05) is 48.5 Å². The number of fused-ring (bicyclic) bond motifs is 3. The maximum atomic E-state index is 13.3. The number of hydrogen-bond donors (Lipinski definition) is 5. The van der Waals surface area contributed by atoms with Gasteiger partial charge in [-0.25, -0.2) is 9.59 Å². The number of nitrogens with zero attached hydrogens (tertiary/aromatic N) is 1. The number of benzene rings is 3. The molecule has 41 heavy (non-hydrogen) atoms. The first-order valence-corrected chi connectivity index (χ1v) is 13.5. The number of hydrogen-bond acceptors (Lipinski definition) is 5. The van der Waals surface area contributed by atoms with Crippen LogP contribution in [0, 0.1) is 0 Å². The molecule has 0 saturated heterocycles. The number of aliphatic imine (C=N–C) groups is 1. The number of carboxylic acid groups (broad SMARTS) is 1. The lowest BCUT2D eigenvalue weighted by molar-refractivity contribution is -0.142. The number of nitrogens with two attached hydrogens (primary N) is 2. The number of carbonyl (C=O) groups is 3. The Balaban J connectivity index is 1.44. The predicted molar refractivity (Wildman–Crippen MR) is 157 cm³/mol. The average molecular weight is 578 g/mol. The molecule has 0 fully saturated rings. The van der Waals surface area contributed by atoms with Crippen molar-refractivity contribution in [3.05, 3.63) is 94.5 Å². The minimum Gasteiger partial charge on any atom is -0.480 e. The molecule has 0 unspecified atom stereocenters. The first-order chi connectivity index (χ1) is 19.7. The van der Waals surface area contributed by atoms with Crippen LogP contribution >= 0.6 is 11.6 Å². The Bertz CT molecular complexity index is 1380. The quantitative estimate of drug-likeness (QED) is 0.125. The van der Waals surface area contributed by atoms with Crippen molar-refractivity contribution in [1.29, 1.82) is 0 Å². The highest BCUT2D eigenvalue weighted by Crippen LogP contribution is 2.44. The number of alkyl carbamates (subject to hydrolysis) is 1. The molecule has 214 valence electrons. The van der Waals surface area contributed by atoms with Gasteiger partial charge in [-0.15, -0.1) is 0 Å². The molecule has 0 aliphatic heterocycles. The summed E-state index contributed by atoms with van der Waals surface area (Å²) in [5.74, 6) is -2.13. The highest BCUT2D eigenvalue weighted by molar-refractivity contribution is 6.30. The molecule has 1 aliphatic carbocycles. The molecule has 2 amide bonds. The van der Waals surface area contributed by atoms with Crippen LogP contribution in [0.5, 0.6) is 0 Å².